The van der Waals surface area contributed by atoms with Crippen LogP contribution in [0.3, 0.4) is 0 Å². The first-order valence-corrected chi connectivity index (χ1v) is 10.3. The average molecular weight is 457 g/mol. The van der Waals surface area contributed by atoms with E-state index in [0.29, 0.717) is 13.0 Å². The van der Waals surface area contributed by atoms with Crippen molar-refractivity contribution in [3.8, 4) is 0 Å². The number of hydrogen-bond acceptors (Lipinski definition) is 8. The van der Waals surface area contributed by atoms with Gasteiger partial charge in [0.2, 0.25) is 11.8 Å². The number of amides is 2. The van der Waals surface area contributed by atoms with Crippen LogP contribution in [0.25, 0.3) is 0 Å². The number of methoxy groups -OCH3 is 1. The van der Waals surface area contributed by atoms with E-state index in [-0.39, 0.29) is 36.5 Å². The summed E-state index contributed by atoms with van der Waals surface area (Å²) in [5.41, 5.74) is 1.01. The van der Waals surface area contributed by atoms with Gasteiger partial charge in [-0.05, 0) is 31.0 Å². The van der Waals surface area contributed by atoms with Gasteiger partial charge in [0, 0.05) is 25.2 Å². The second-order valence-corrected chi connectivity index (χ2v) is 7.24. The van der Waals surface area contributed by atoms with Crippen LogP contribution in [0.15, 0.2) is 42.6 Å². The van der Waals surface area contributed by atoms with Gasteiger partial charge in [0.05, 0.1) is 36.6 Å². The lowest BCUT2D eigenvalue weighted by Crippen LogP contribution is -2.39. The first-order chi connectivity index (χ1) is 15.8. The molecule has 2 rings (SSSR count). The molecule has 0 aliphatic carbocycles. The Kier molecular flexibility index (Phi) is 9.75. The van der Waals surface area contributed by atoms with Gasteiger partial charge in [0.15, 0.2) is 0 Å². The monoisotopic (exact) mass is 457 g/mol. The fraction of sp³-hybridized carbons (Fsp3) is 0.364. The van der Waals surface area contributed by atoms with Crippen LogP contribution >= 0.6 is 0 Å². The third-order valence-electron chi connectivity index (χ3n) is 4.69. The summed E-state index contributed by atoms with van der Waals surface area (Å²) in [6, 6.07) is 8.61. The molecule has 0 fully saturated rings. The molecule has 0 aliphatic heterocycles. The maximum Gasteiger partial charge on any atom is 0.307 e. The number of carbonyl (C=O) groups is 3. The zero-order valence-corrected chi connectivity index (χ0v) is 18.5. The van der Waals surface area contributed by atoms with E-state index in [4.69, 9.17) is 0 Å². The van der Waals surface area contributed by atoms with Gasteiger partial charge < -0.3 is 20.7 Å². The number of pyridine rings is 1. The van der Waals surface area contributed by atoms with Gasteiger partial charge >= 0.3 is 5.97 Å². The highest BCUT2D eigenvalue weighted by molar-refractivity contribution is 5.85. The molecule has 176 valence electrons. The molecule has 1 atom stereocenters. The van der Waals surface area contributed by atoms with Crippen molar-refractivity contribution >= 4 is 29.3 Å². The molecule has 0 radical (unpaired) electrons. The molecule has 1 unspecified atom stereocenters. The Morgan fingerprint density at radius 2 is 1.94 bits per heavy atom. The van der Waals surface area contributed by atoms with Crippen LogP contribution in [0.4, 0.5) is 11.5 Å². The Morgan fingerprint density at radius 3 is 2.64 bits per heavy atom. The molecule has 0 aliphatic rings. The fourth-order valence-electron chi connectivity index (χ4n) is 3.05. The Hall–Kier alpha value is -4.02. The number of rotatable bonds is 12. The number of benzene rings is 1. The van der Waals surface area contributed by atoms with Crippen LogP contribution < -0.4 is 16.0 Å². The van der Waals surface area contributed by atoms with Crippen molar-refractivity contribution < 1.29 is 24.0 Å². The number of anilines is 1. The number of nitrogens with one attached hydrogen (secondary N) is 3. The Balaban J connectivity index is 1.84. The van der Waals surface area contributed by atoms with Crippen LogP contribution in [0.1, 0.15) is 36.4 Å². The molecule has 0 saturated carbocycles. The Morgan fingerprint density at radius 1 is 1.18 bits per heavy atom. The number of para-hydroxylation sites is 1. The van der Waals surface area contributed by atoms with Gasteiger partial charge in [-0.15, -0.1) is 0 Å². The quantitative estimate of drug-likeness (QED) is 0.189. The molecule has 2 aromatic rings. The van der Waals surface area contributed by atoms with E-state index in [1.807, 2.05) is 19.1 Å². The topological polar surface area (TPSA) is 153 Å². The number of nitro groups is 1. The van der Waals surface area contributed by atoms with E-state index in [0.717, 1.165) is 11.4 Å². The van der Waals surface area contributed by atoms with Crippen molar-refractivity contribution in [3.05, 3.63) is 63.8 Å². The average Bonchev–Trinajstić information content (AvgIpc) is 2.80. The van der Waals surface area contributed by atoms with E-state index in [2.05, 4.69) is 25.7 Å². The molecule has 33 heavy (non-hydrogen) atoms. The van der Waals surface area contributed by atoms with Crippen molar-refractivity contribution in [3.63, 3.8) is 0 Å². The van der Waals surface area contributed by atoms with Crippen LogP contribution in [0.5, 0.6) is 0 Å². The molecular formula is C22H27N5O6. The summed E-state index contributed by atoms with van der Waals surface area (Å²) in [5.74, 6) is -0.823. The van der Waals surface area contributed by atoms with Gasteiger partial charge in [-0.3, -0.25) is 24.5 Å². The predicted octanol–water partition coefficient (Wildman–Crippen LogP) is 2.03. The summed E-state index contributed by atoms with van der Waals surface area (Å²) in [7, 11) is 1.19. The van der Waals surface area contributed by atoms with Gasteiger partial charge in [-0.1, -0.05) is 18.2 Å². The second-order valence-electron chi connectivity index (χ2n) is 7.24. The zero-order valence-electron chi connectivity index (χ0n) is 18.5. The Bertz CT molecular complexity index is 997. The maximum atomic E-state index is 12.4. The number of aromatic nitrogens is 1. The van der Waals surface area contributed by atoms with Crippen molar-refractivity contribution in [2.75, 3.05) is 25.5 Å². The van der Waals surface area contributed by atoms with Crippen molar-refractivity contribution in [1.29, 1.82) is 0 Å². The van der Waals surface area contributed by atoms with E-state index >= 15 is 0 Å². The maximum absolute atomic E-state index is 12.4. The van der Waals surface area contributed by atoms with Crippen molar-refractivity contribution in [2.24, 2.45) is 0 Å². The molecule has 1 aromatic carbocycles. The molecule has 1 aromatic heterocycles. The van der Waals surface area contributed by atoms with E-state index < -0.39 is 22.8 Å². The lowest BCUT2D eigenvalue weighted by Gasteiger charge is -2.18. The van der Waals surface area contributed by atoms with E-state index in [1.54, 1.807) is 12.3 Å². The fourth-order valence-corrected chi connectivity index (χ4v) is 3.05. The Labute approximate surface area is 191 Å². The smallest absolute Gasteiger partial charge is 0.307 e. The number of carbonyl (C=O) groups excluding carboxylic acids is 3. The number of hydrogen-bond donors (Lipinski definition) is 3. The summed E-state index contributed by atoms with van der Waals surface area (Å²) in [5, 5.41) is 19.5. The zero-order chi connectivity index (χ0) is 24.2. The molecule has 2 amide bonds. The van der Waals surface area contributed by atoms with Gasteiger partial charge in [0.25, 0.3) is 5.69 Å². The van der Waals surface area contributed by atoms with Crippen molar-refractivity contribution in [2.45, 2.75) is 32.2 Å². The molecule has 1 heterocycles. The lowest BCUT2D eigenvalue weighted by molar-refractivity contribution is -0.385. The third kappa shape index (κ3) is 8.56. The van der Waals surface area contributed by atoms with E-state index in [1.165, 1.54) is 25.3 Å². The minimum Gasteiger partial charge on any atom is -0.469 e. The highest BCUT2D eigenvalue weighted by atomic mass is 16.6. The minimum absolute atomic E-state index is 0.170. The third-order valence-corrected chi connectivity index (χ3v) is 4.69. The van der Waals surface area contributed by atoms with Gasteiger partial charge in [-0.25, -0.2) is 4.98 Å². The van der Waals surface area contributed by atoms with Crippen LogP contribution in [-0.4, -0.2) is 47.9 Å². The first kappa shape index (κ1) is 25.2. The van der Waals surface area contributed by atoms with Crippen LogP contribution in [0, 0.1) is 17.0 Å². The molecule has 0 bridgehead atoms. The van der Waals surface area contributed by atoms with Gasteiger partial charge in [0.1, 0.15) is 5.82 Å². The summed E-state index contributed by atoms with van der Waals surface area (Å²) >= 11 is 0. The molecule has 11 nitrogen and oxygen atoms in total. The van der Waals surface area contributed by atoms with Crippen LogP contribution in [-0.2, 0) is 19.1 Å². The van der Waals surface area contributed by atoms with E-state index in [9.17, 15) is 24.5 Å². The van der Waals surface area contributed by atoms with Crippen molar-refractivity contribution in [1.82, 2.24) is 15.6 Å². The largest absolute Gasteiger partial charge is 0.469 e. The second kappa shape index (κ2) is 12.7. The standard InChI is InChI=1S/C22H27N5O6/c1-15-9-11-24-19(12-15)23-10-5-8-20(28)25-14-21(29)26-17(13-22(30)33-2)16-6-3-4-7-18(16)27(31)32/h3-4,6-7,9,11-12,17H,5,8,10,13-14H2,1-2H3,(H,23,24)(H,25,28)(H,26,29). The van der Waals surface area contributed by atoms with Crippen LogP contribution in [0.2, 0.25) is 0 Å². The minimum atomic E-state index is -0.977. The highest BCUT2D eigenvalue weighted by Gasteiger charge is 2.26. The lowest BCUT2D eigenvalue weighted by atomic mass is 10.0. The summed E-state index contributed by atoms with van der Waals surface area (Å²) < 4.78 is 4.64. The molecule has 3 N–H and O–H groups in total. The van der Waals surface area contributed by atoms with Gasteiger partial charge in [-0.2, -0.15) is 0 Å². The molecule has 11 heteroatoms. The summed E-state index contributed by atoms with van der Waals surface area (Å²) in [6.07, 6.45) is 2.13. The highest BCUT2D eigenvalue weighted by Crippen LogP contribution is 2.27. The number of nitro benzene ring substituents is 1. The SMILES string of the molecule is COC(=O)CC(NC(=O)CNC(=O)CCCNc1cc(C)ccn1)c1ccccc1[N+](=O)[O-]. The molecule has 0 saturated heterocycles. The molecular weight excluding hydrogens is 430 g/mol. The first-order valence-electron chi connectivity index (χ1n) is 10.3. The number of ether oxygens (including phenoxy) is 1. The number of esters is 1. The summed E-state index contributed by atoms with van der Waals surface area (Å²) in [4.78, 5) is 51.1. The predicted molar refractivity (Wildman–Crippen MR) is 120 cm³/mol. The summed E-state index contributed by atoms with van der Waals surface area (Å²) in [6.45, 7) is 2.16. The number of nitrogens with zero attached hydrogens (tertiary/aromatic N) is 2. The normalized spacial score (nSPS) is 11.2. The molecule has 0 spiro atoms. The number of aryl methyl sites for hydroxylation is 1.